The quantitative estimate of drug-likeness (QED) is 0.172. The number of hydrogen-bond donors (Lipinski definition) is 0. The van der Waals surface area contributed by atoms with Gasteiger partial charge in [0.2, 0.25) is 0 Å². The molecule has 10 aromatic carbocycles. The molecule has 0 aliphatic heterocycles. The van der Waals surface area contributed by atoms with E-state index in [2.05, 4.69) is 247 Å². The predicted octanol–water partition coefficient (Wildman–Crippen LogP) is 19.5. The molecule has 0 saturated heterocycles. The Kier molecular flexibility index (Phi) is 8.47. The summed E-state index contributed by atoms with van der Waals surface area (Å²) in [5.74, 6) is 0. The fraction of sp³-hybridized carbons (Fsp3) is 0.143. The Bertz CT molecular complexity index is 4350. The zero-order chi connectivity index (χ0) is 49.3. The van der Waals surface area contributed by atoms with Crippen molar-refractivity contribution in [2.75, 3.05) is 4.90 Å². The summed E-state index contributed by atoms with van der Waals surface area (Å²) >= 11 is 0. The minimum Gasteiger partial charge on any atom is -0.455 e. The van der Waals surface area contributed by atoms with E-state index in [1.807, 2.05) is 0 Å². The highest BCUT2D eigenvalue weighted by Crippen LogP contribution is 2.64. The SMILES string of the molecule is Cc1ccccc1N(c1ccc2c(c1)C(C)(C)c1cc(-c3ccc(-c4ccccc4)cc3)c3oc4ccccc4c3c1-2)c1ccc2c(c1)C(C)(C)c1c3c(c4c(oc5ccccc54)c1-2)-c1ccccc1C3(C)C. The summed E-state index contributed by atoms with van der Waals surface area (Å²) < 4.78 is 14.0. The van der Waals surface area contributed by atoms with Gasteiger partial charge in [-0.25, -0.2) is 0 Å². The lowest BCUT2D eigenvalue weighted by Crippen LogP contribution is -2.24. The third kappa shape index (κ3) is 5.60. The number of anilines is 3. The summed E-state index contributed by atoms with van der Waals surface area (Å²) in [6.45, 7) is 16.8. The van der Waals surface area contributed by atoms with Gasteiger partial charge in [-0.15, -0.1) is 0 Å². The van der Waals surface area contributed by atoms with E-state index in [0.29, 0.717) is 0 Å². The van der Waals surface area contributed by atoms with Crippen LogP contribution in [-0.4, -0.2) is 0 Å². The molecule has 0 bridgehead atoms. The molecule has 2 heterocycles. The van der Waals surface area contributed by atoms with Crippen molar-refractivity contribution in [2.45, 2.75) is 64.7 Å². The highest BCUT2D eigenvalue weighted by Gasteiger charge is 2.49. The molecule has 2 aromatic heterocycles. The predicted molar refractivity (Wildman–Crippen MR) is 304 cm³/mol. The van der Waals surface area contributed by atoms with E-state index in [0.717, 1.165) is 55.9 Å². The average molecular weight is 940 g/mol. The summed E-state index contributed by atoms with van der Waals surface area (Å²) in [6.07, 6.45) is 0. The van der Waals surface area contributed by atoms with Crippen LogP contribution in [0.25, 0.3) is 99.5 Å². The van der Waals surface area contributed by atoms with Crippen molar-refractivity contribution in [2.24, 2.45) is 0 Å². The monoisotopic (exact) mass is 939 g/mol. The summed E-state index contributed by atoms with van der Waals surface area (Å²) in [5, 5.41) is 4.73. The molecule has 0 radical (unpaired) electrons. The number of nitrogens with zero attached hydrogens (tertiary/aromatic N) is 1. The van der Waals surface area contributed by atoms with Gasteiger partial charge >= 0.3 is 0 Å². The van der Waals surface area contributed by atoms with Gasteiger partial charge < -0.3 is 13.7 Å². The molecule has 15 rings (SSSR count). The maximum atomic E-state index is 7.06. The Morgan fingerprint density at radius 1 is 0.356 bits per heavy atom. The second-order valence-corrected chi connectivity index (χ2v) is 22.4. The zero-order valence-electron chi connectivity index (χ0n) is 42.2. The first-order valence-corrected chi connectivity index (χ1v) is 25.8. The molecule has 3 nitrogen and oxygen atoms in total. The molecule has 0 N–H and O–H groups in total. The Hall–Kier alpha value is -8.40. The molecule has 3 heteroatoms. The molecule has 3 aliphatic rings. The molecule has 0 fully saturated rings. The van der Waals surface area contributed by atoms with Crippen molar-refractivity contribution in [1.29, 1.82) is 0 Å². The highest BCUT2D eigenvalue weighted by atomic mass is 16.3. The van der Waals surface area contributed by atoms with Crippen LogP contribution in [-0.2, 0) is 16.2 Å². The van der Waals surface area contributed by atoms with Crippen LogP contribution in [0, 0.1) is 6.92 Å². The molecule has 0 spiro atoms. The molecule has 12 aromatic rings. The fourth-order valence-corrected chi connectivity index (χ4v) is 13.8. The maximum Gasteiger partial charge on any atom is 0.144 e. The van der Waals surface area contributed by atoms with Crippen LogP contribution in [0.2, 0.25) is 0 Å². The average Bonchev–Trinajstić information content (AvgIpc) is 4.16. The Balaban J connectivity index is 0.918. The van der Waals surface area contributed by atoms with E-state index >= 15 is 0 Å². The highest BCUT2D eigenvalue weighted by molar-refractivity contribution is 6.21. The molecule has 3 aliphatic carbocycles. The van der Waals surface area contributed by atoms with Crippen molar-refractivity contribution in [3.05, 3.63) is 233 Å². The van der Waals surface area contributed by atoms with E-state index < -0.39 is 0 Å². The van der Waals surface area contributed by atoms with Gasteiger partial charge in [-0.1, -0.05) is 187 Å². The standard InChI is InChI=1S/C70H53NO2/c1-40-19-11-16-26-56(40)71(45-34-36-48-54(38-45)70(6,7)65-63(48)67-62(50-24-14-18-28-58(50)73-67)60-46-22-12-15-25-52(46)69(4,5)64(60)65)44-33-35-47-53(37-44)68(2,3)55-39-51(43-31-29-42(30-32-43)41-20-9-8-10-21-41)66-61(59(47)55)49-23-13-17-27-57(49)72-66/h8-39H,1-7H3. The van der Waals surface area contributed by atoms with E-state index in [-0.39, 0.29) is 16.2 Å². The first-order valence-electron chi connectivity index (χ1n) is 25.8. The van der Waals surface area contributed by atoms with Gasteiger partial charge in [0.1, 0.15) is 22.3 Å². The van der Waals surface area contributed by atoms with Crippen molar-refractivity contribution < 1.29 is 8.83 Å². The topological polar surface area (TPSA) is 29.5 Å². The minimum absolute atomic E-state index is 0.214. The van der Waals surface area contributed by atoms with Crippen LogP contribution in [0.1, 0.15) is 80.5 Å². The summed E-state index contributed by atoms with van der Waals surface area (Å²) in [5.41, 5.74) is 28.0. The molecule has 0 amide bonds. The third-order valence-electron chi connectivity index (χ3n) is 17.3. The lowest BCUT2D eigenvalue weighted by atomic mass is 9.72. The van der Waals surface area contributed by atoms with Gasteiger partial charge in [0.25, 0.3) is 0 Å². The molecule has 0 unspecified atom stereocenters. The van der Waals surface area contributed by atoms with E-state index in [1.54, 1.807) is 0 Å². The lowest BCUT2D eigenvalue weighted by Gasteiger charge is -2.32. The number of aryl methyl sites for hydroxylation is 1. The second-order valence-electron chi connectivity index (χ2n) is 22.4. The van der Waals surface area contributed by atoms with Gasteiger partial charge in [-0.05, 0) is 139 Å². The van der Waals surface area contributed by atoms with Crippen molar-refractivity contribution in [1.82, 2.24) is 0 Å². The summed E-state index contributed by atoms with van der Waals surface area (Å²) in [6, 6.07) is 71.5. The number of benzene rings is 10. The van der Waals surface area contributed by atoms with Gasteiger partial charge in [-0.3, -0.25) is 0 Å². The normalized spacial score (nSPS) is 15.1. The second kappa shape index (κ2) is 14.6. The summed E-state index contributed by atoms with van der Waals surface area (Å²) in [4.78, 5) is 2.50. The number of fused-ring (bicyclic) bond motifs is 19. The van der Waals surface area contributed by atoms with Crippen LogP contribution in [0.4, 0.5) is 17.1 Å². The summed E-state index contributed by atoms with van der Waals surface area (Å²) in [7, 11) is 0. The van der Waals surface area contributed by atoms with Crippen LogP contribution < -0.4 is 4.90 Å². The Labute approximate surface area is 426 Å². The molecule has 0 atom stereocenters. The zero-order valence-corrected chi connectivity index (χ0v) is 42.2. The van der Waals surface area contributed by atoms with E-state index in [1.165, 1.54) is 99.6 Å². The lowest BCUT2D eigenvalue weighted by molar-refractivity contribution is 0.600. The number of hydrogen-bond acceptors (Lipinski definition) is 3. The molecular weight excluding hydrogens is 887 g/mol. The van der Waals surface area contributed by atoms with E-state index in [4.69, 9.17) is 8.83 Å². The van der Waals surface area contributed by atoms with Gasteiger partial charge in [0.05, 0.1) is 0 Å². The molecule has 73 heavy (non-hydrogen) atoms. The maximum absolute atomic E-state index is 7.06. The van der Waals surface area contributed by atoms with Gasteiger partial charge in [-0.2, -0.15) is 0 Å². The minimum atomic E-state index is -0.339. The molecule has 350 valence electrons. The number of furan rings is 2. The van der Waals surface area contributed by atoms with Crippen LogP contribution >= 0.6 is 0 Å². The van der Waals surface area contributed by atoms with Gasteiger partial charge in [0.15, 0.2) is 0 Å². The van der Waals surface area contributed by atoms with Crippen LogP contribution in [0.5, 0.6) is 0 Å². The Morgan fingerprint density at radius 3 is 1.56 bits per heavy atom. The van der Waals surface area contributed by atoms with Crippen LogP contribution in [0.15, 0.2) is 203 Å². The fourth-order valence-electron chi connectivity index (χ4n) is 13.8. The van der Waals surface area contributed by atoms with Crippen molar-refractivity contribution in [3.8, 4) is 55.6 Å². The smallest absolute Gasteiger partial charge is 0.144 e. The molecular formula is C70H53NO2. The Morgan fingerprint density at radius 2 is 0.863 bits per heavy atom. The first-order chi connectivity index (χ1) is 35.4. The first kappa shape index (κ1) is 42.3. The third-order valence-corrected chi connectivity index (χ3v) is 17.3. The van der Waals surface area contributed by atoms with Crippen molar-refractivity contribution in [3.63, 3.8) is 0 Å². The van der Waals surface area contributed by atoms with Crippen molar-refractivity contribution >= 4 is 60.9 Å². The number of para-hydroxylation sites is 3. The molecule has 0 saturated carbocycles. The van der Waals surface area contributed by atoms with Gasteiger partial charge in [0, 0.05) is 66.0 Å². The number of rotatable bonds is 5. The largest absolute Gasteiger partial charge is 0.455 e. The van der Waals surface area contributed by atoms with Crippen LogP contribution in [0.3, 0.4) is 0 Å². The van der Waals surface area contributed by atoms with E-state index in [9.17, 15) is 0 Å².